The standard InChI is InChI=1S/C18H17ClN4O2S/c1-23-13(6-8-21-23)17-12(7-9-25-17)18(24)22-16-5-2-11(10-20-16)14-3-4-15(19)26-14/h2-6,8,10,12,17H,7,9H2,1H3,(H,20,22,24)/t12-,17-/m1/s1. The molecule has 4 heterocycles. The second-order valence-electron chi connectivity index (χ2n) is 6.09. The number of carbonyl (C=O) groups is 1. The molecule has 0 bridgehead atoms. The van der Waals surface area contributed by atoms with Gasteiger partial charge in [-0.25, -0.2) is 4.98 Å². The topological polar surface area (TPSA) is 69.0 Å². The Morgan fingerprint density at radius 3 is 2.88 bits per heavy atom. The summed E-state index contributed by atoms with van der Waals surface area (Å²) in [7, 11) is 1.85. The molecule has 3 aromatic heterocycles. The number of aromatic nitrogens is 3. The van der Waals surface area contributed by atoms with Crippen molar-refractivity contribution in [2.75, 3.05) is 11.9 Å². The lowest BCUT2D eigenvalue weighted by atomic mass is 9.98. The van der Waals surface area contributed by atoms with Gasteiger partial charge in [-0.15, -0.1) is 11.3 Å². The molecule has 3 aromatic rings. The SMILES string of the molecule is Cn1nccc1[C@@H]1OCC[C@H]1C(=O)Nc1ccc(-c2ccc(Cl)s2)cn1. The molecule has 0 radical (unpaired) electrons. The molecule has 2 atom stereocenters. The number of hydrogen-bond donors (Lipinski definition) is 1. The smallest absolute Gasteiger partial charge is 0.231 e. The number of anilines is 1. The molecule has 1 aliphatic heterocycles. The van der Waals surface area contributed by atoms with Gasteiger partial charge in [0.05, 0.1) is 15.9 Å². The zero-order valence-corrected chi connectivity index (χ0v) is 15.6. The van der Waals surface area contributed by atoms with Crippen LogP contribution in [-0.4, -0.2) is 27.3 Å². The Morgan fingerprint density at radius 1 is 1.35 bits per heavy atom. The summed E-state index contributed by atoms with van der Waals surface area (Å²) in [5, 5.41) is 7.06. The highest BCUT2D eigenvalue weighted by molar-refractivity contribution is 7.19. The number of rotatable bonds is 4. The number of amides is 1. The van der Waals surface area contributed by atoms with Crippen LogP contribution in [-0.2, 0) is 16.6 Å². The molecule has 1 aliphatic rings. The van der Waals surface area contributed by atoms with Crippen molar-refractivity contribution in [3.8, 4) is 10.4 Å². The van der Waals surface area contributed by atoms with E-state index < -0.39 is 0 Å². The predicted octanol–water partition coefficient (Wildman–Crippen LogP) is 3.91. The average Bonchev–Trinajstić information content (AvgIpc) is 3.36. The first-order chi connectivity index (χ1) is 12.6. The fraction of sp³-hybridized carbons (Fsp3) is 0.278. The van der Waals surface area contributed by atoms with Crippen LogP contribution in [0.4, 0.5) is 5.82 Å². The quantitative estimate of drug-likeness (QED) is 0.735. The number of halogens is 1. The van der Waals surface area contributed by atoms with Crippen LogP contribution >= 0.6 is 22.9 Å². The normalized spacial score (nSPS) is 19.6. The summed E-state index contributed by atoms with van der Waals surface area (Å²) in [6.45, 7) is 0.555. The average molecular weight is 389 g/mol. The van der Waals surface area contributed by atoms with E-state index in [-0.39, 0.29) is 17.9 Å². The molecule has 0 aliphatic carbocycles. The first-order valence-electron chi connectivity index (χ1n) is 8.24. The molecule has 1 amide bonds. The van der Waals surface area contributed by atoms with E-state index in [0.29, 0.717) is 18.8 Å². The number of thiophene rings is 1. The minimum absolute atomic E-state index is 0.0897. The molecule has 1 saturated heterocycles. The maximum Gasteiger partial charge on any atom is 0.231 e. The highest BCUT2D eigenvalue weighted by Crippen LogP contribution is 2.35. The maximum atomic E-state index is 12.7. The van der Waals surface area contributed by atoms with E-state index in [9.17, 15) is 4.79 Å². The number of aryl methyl sites for hydroxylation is 1. The van der Waals surface area contributed by atoms with Gasteiger partial charge in [0.15, 0.2) is 0 Å². The molecular weight excluding hydrogens is 372 g/mol. The van der Waals surface area contributed by atoms with Crippen molar-refractivity contribution >= 4 is 34.7 Å². The van der Waals surface area contributed by atoms with Crippen molar-refractivity contribution in [1.82, 2.24) is 14.8 Å². The van der Waals surface area contributed by atoms with Crippen molar-refractivity contribution in [1.29, 1.82) is 0 Å². The Labute approximate surface area is 159 Å². The number of carbonyl (C=O) groups excluding carboxylic acids is 1. The third kappa shape index (κ3) is 3.38. The van der Waals surface area contributed by atoms with E-state index in [4.69, 9.17) is 16.3 Å². The zero-order valence-electron chi connectivity index (χ0n) is 14.1. The molecule has 26 heavy (non-hydrogen) atoms. The van der Waals surface area contributed by atoms with Crippen LogP contribution in [0.25, 0.3) is 10.4 Å². The lowest BCUT2D eigenvalue weighted by molar-refractivity contribution is -0.121. The van der Waals surface area contributed by atoms with Gasteiger partial charge in [0.2, 0.25) is 5.91 Å². The minimum atomic E-state index is -0.282. The van der Waals surface area contributed by atoms with Gasteiger partial charge in [-0.1, -0.05) is 11.6 Å². The predicted molar refractivity (Wildman–Crippen MR) is 101 cm³/mol. The van der Waals surface area contributed by atoms with E-state index in [1.165, 1.54) is 11.3 Å². The van der Waals surface area contributed by atoms with Gasteiger partial charge in [-0.3, -0.25) is 9.48 Å². The Morgan fingerprint density at radius 2 is 2.23 bits per heavy atom. The van der Waals surface area contributed by atoms with Crippen molar-refractivity contribution in [2.45, 2.75) is 12.5 Å². The third-order valence-corrected chi connectivity index (χ3v) is 5.73. The molecule has 1 fully saturated rings. The lowest BCUT2D eigenvalue weighted by Crippen LogP contribution is -2.26. The summed E-state index contributed by atoms with van der Waals surface area (Å²) in [4.78, 5) is 18.1. The first-order valence-corrected chi connectivity index (χ1v) is 9.43. The Bertz CT molecular complexity index is 921. The highest BCUT2D eigenvalue weighted by atomic mass is 35.5. The summed E-state index contributed by atoms with van der Waals surface area (Å²) in [5.74, 6) is 0.174. The second-order valence-corrected chi connectivity index (χ2v) is 7.81. The molecule has 0 saturated carbocycles. The van der Waals surface area contributed by atoms with Crippen LogP contribution in [0.5, 0.6) is 0 Å². The van der Waals surface area contributed by atoms with Crippen LogP contribution in [0.3, 0.4) is 0 Å². The summed E-state index contributed by atoms with van der Waals surface area (Å²) < 4.78 is 8.26. The van der Waals surface area contributed by atoms with Gasteiger partial charge in [0.25, 0.3) is 0 Å². The molecular formula is C18H17ClN4O2S. The van der Waals surface area contributed by atoms with Gasteiger partial charge >= 0.3 is 0 Å². The van der Waals surface area contributed by atoms with Gasteiger partial charge in [0.1, 0.15) is 11.9 Å². The van der Waals surface area contributed by atoms with E-state index in [1.54, 1.807) is 23.1 Å². The van der Waals surface area contributed by atoms with Crippen molar-refractivity contribution in [2.24, 2.45) is 13.0 Å². The number of hydrogen-bond acceptors (Lipinski definition) is 5. The van der Waals surface area contributed by atoms with Crippen molar-refractivity contribution in [3.63, 3.8) is 0 Å². The first kappa shape index (κ1) is 17.2. The van der Waals surface area contributed by atoms with E-state index in [2.05, 4.69) is 15.4 Å². The Hall–Kier alpha value is -2.22. The van der Waals surface area contributed by atoms with Crippen LogP contribution in [0.1, 0.15) is 18.2 Å². The van der Waals surface area contributed by atoms with Gasteiger partial charge in [-0.05, 0) is 36.8 Å². The number of nitrogens with zero attached hydrogens (tertiary/aromatic N) is 3. The largest absolute Gasteiger partial charge is 0.371 e. The lowest BCUT2D eigenvalue weighted by Gasteiger charge is -2.18. The van der Waals surface area contributed by atoms with E-state index >= 15 is 0 Å². The van der Waals surface area contributed by atoms with Crippen molar-refractivity contribution in [3.05, 3.63) is 52.8 Å². The summed E-state index contributed by atoms with van der Waals surface area (Å²) in [5.41, 5.74) is 1.87. The Kier molecular flexibility index (Phi) is 4.76. The van der Waals surface area contributed by atoms with Crippen molar-refractivity contribution < 1.29 is 9.53 Å². The highest BCUT2D eigenvalue weighted by Gasteiger charge is 2.36. The van der Waals surface area contributed by atoms with E-state index in [1.807, 2.05) is 31.3 Å². The molecule has 0 spiro atoms. The molecule has 134 valence electrons. The Balaban J connectivity index is 1.46. The molecule has 1 N–H and O–H groups in total. The molecule has 0 unspecified atom stereocenters. The van der Waals surface area contributed by atoms with Crippen LogP contribution in [0.15, 0.2) is 42.7 Å². The fourth-order valence-corrected chi connectivity index (χ4v) is 4.15. The maximum absolute atomic E-state index is 12.7. The number of pyridine rings is 1. The summed E-state index contributed by atoms with van der Waals surface area (Å²) >= 11 is 7.47. The number of nitrogens with one attached hydrogen (secondary N) is 1. The summed E-state index contributed by atoms with van der Waals surface area (Å²) in [6.07, 6.45) is 3.84. The molecule has 8 heteroatoms. The minimum Gasteiger partial charge on any atom is -0.371 e. The molecule has 4 rings (SSSR count). The van der Waals surface area contributed by atoms with Gasteiger partial charge in [-0.2, -0.15) is 5.10 Å². The fourth-order valence-electron chi connectivity index (χ4n) is 3.11. The van der Waals surface area contributed by atoms with Crippen LogP contribution < -0.4 is 5.32 Å². The monoisotopic (exact) mass is 388 g/mol. The van der Waals surface area contributed by atoms with Gasteiger partial charge in [0, 0.05) is 36.5 Å². The van der Waals surface area contributed by atoms with Crippen LogP contribution in [0, 0.1) is 5.92 Å². The van der Waals surface area contributed by atoms with Gasteiger partial charge < -0.3 is 10.1 Å². The second kappa shape index (κ2) is 7.19. The van der Waals surface area contributed by atoms with E-state index in [0.717, 1.165) is 20.5 Å². The third-order valence-electron chi connectivity index (χ3n) is 4.45. The summed E-state index contributed by atoms with van der Waals surface area (Å²) in [6, 6.07) is 9.42. The molecule has 0 aromatic carbocycles. The zero-order chi connectivity index (χ0) is 18.1. The number of ether oxygens (including phenoxy) is 1. The van der Waals surface area contributed by atoms with Crippen LogP contribution in [0.2, 0.25) is 4.34 Å². The molecule has 6 nitrogen and oxygen atoms in total.